The zero-order valence-corrected chi connectivity index (χ0v) is 14.9. The minimum Gasteiger partial charge on any atom is -0.352 e. The van der Waals surface area contributed by atoms with Crippen LogP contribution in [0.4, 0.5) is 10.5 Å². The molecule has 2 atom stereocenters. The highest BCUT2D eigenvalue weighted by molar-refractivity contribution is 5.95. The highest BCUT2D eigenvalue weighted by Crippen LogP contribution is 2.21. The first kappa shape index (κ1) is 18.3. The lowest BCUT2D eigenvalue weighted by atomic mass is 9.96. The minimum absolute atomic E-state index is 0.0299. The van der Waals surface area contributed by atoms with E-state index < -0.39 is 6.03 Å². The zero-order valence-electron chi connectivity index (χ0n) is 14.9. The van der Waals surface area contributed by atoms with Crippen molar-refractivity contribution in [1.82, 2.24) is 20.0 Å². The lowest BCUT2D eigenvalue weighted by Gasteiger charge is -2.36. The Labute approximate surface area is 142 Å². The molecule has 1 aromatic rings. The third-order valence-corrected chi connectivity index (χ3v) is 4.80. The normalized spacial score (nSPS) is 19.8. The Kier molecular flexibility index (Phi) is 5.82. The molecular formula is C16H28N6O2. The van der Waals surface area contributed by atoms with E-state index in [1.807, 2.05) is 27.8 Å². The first-order chi connectivity index (χ1) is 11.3. The van der Waals surface area contributed by atoms with E-state index in [-0.39, 0.29) is 11.9 Å². The summed E-state index contributed by atoms with van der Waals surface area (Å²) in [4.78, 5) is 25.6. The summed E-state index contributed by atoms with van der Waals surface area (Å²) in [7, 11) is 1.86. The molecule has 1 aliphatic rings. The number of amides is 3. The predicted octanol–water partition coefficient (Wildman–Crippen LogP) is 0.744. The van der Waals surface area contributed by atoms with Crippen LogP contribution in [0.2, 0.25) is 0 Å². The van der Waals surface area contributed by atoms with Gasteiger partial charge in [0.2, 0.25) is 5.91 Å². The van der Waals surface area contributed by atoms with Gasteiger partial charge < -0.3 is 16.4 Å². The van der Waals surface area contributed by atoms with Gasteiger partial charge in [-0.3, -0.25) is 14.4 Å². The number of hydrogen-bond acceptors (Lipinski definition) is 4. The minimum atomic E-state index is -0.500. The Balaban J connectivity index is 1.95. The number of carbonyl (C=O) groups is 2. The van der Waals surface area contributed by atoms with Gasteiger partial charge in [0.05, 0.1) is 23.1 Å². The van der Waals surface area contributed by atoms with Crippen LogP contribution in [0.5, 0.6) is 0 Å². The zero-order chi connectivity index (χ0) is 17.9. The van der Waals surface area contributed by atoms with Crippen LogP contribution < -0.4 is 16.4 Å². The fraction of sp³-hybridized carbons (Fsp3) is 0.688. The molecule has 0 radical (unpaired) electrons. The molecule has 3 amide bonds. The molecule has 0 spiro atoms. The number of hydrogen-bond donors (Lipinski definition) is 3. The van der Waals surface area contributed by atoms with Gasteiger partial charge in [-0.05, 0) is 46.1 Å². The van der Waals surface area contributed by atoms with Crippen LogP contribution in [-0.4, -0.2) is 52.3 Å². The molecule has 2 rings (SSSR count). The molecule has 8 nitrogen and oxygen atoms in total. The summed E-state index contributed by atoms with van der Waals surface area (Å²) in [6, 6.07) is -0.735. The molecule has 8 heteroatoms. The summed E-state index contributed by atoms with van der Waals surface area (Å²) in [5, 5.41) is 9.99. The first-order valence-corrected chi connectivity index (χ1v) is 8.38. The van der Waals surface area contributed by atoms with Crippen LogP contribution in [0.25, 0.3) is 0 Å². The van der Waals surface area contributed by atoms with Gasteiger partial charge in [0.15, 0.2) is 0 Å². The lowest BCUT2D eigenvalue weighted by molar-refractivity contribution is -0.121. The van der Waals surface area contributed by atoms with Crippen molar-refractivity contribution in [2.75, 3.05) is 25.0 Å². The summed E-state index contributed by atoms with van der Waals surface area (Å²) in [5.74, 6) is 0.293. The molecule has 24 heavy (non-hydrogen) atoms. The number of carbonyl (C=O) groups excluding carboxylic acids is 2. The second-order valence-electron chi connectivity index (χ2n) is 6.58. The highest BCUT2D eigenvalue weighted by Gasteiger charge is 2.28. The number of nitrogens with two attached hydrogens (primary N) is 1. The van der Waals surface area contributed by atoms with E-state index in [2.05, 4.69) is 20.6 Å². The number of nitrogens with one attached hydrogen (secondary N) is 2. The summed E-state index contributed by atoms with van der Waals surface area (Å²) in [6.45, 7) is 7.96. The third kappa shape index (κ3) is 4.25. The van der Waals surface area contributed by atoms with Crippen molar-refractivity contribution < 1.29 is 9.59 Å². The number of aromatic nitrogens is 2. The van der Waals surface area contributed by atoms with E-state index in [0.717, 1.165) is 43.0 Å². The third-order valence-electron chi connectivity index (χ3n) is 4.80. The summed E-state index contributed by atoms with van der Waals surface area (Å²) in [6.07, 6.45) is 2.04. The fourth-order valence-corrected chi connectivity index (χ4v) is 3.21. The van der Waals surface area contributed by atoms with E-state index in [9.17, 15) is 9.59 Å². The first-order valence-electron chi connectivity index (χ1n) is 8.38. The van der Waals surface area contributed by atoms with E-state index in [1.54, 1.807) is 4.68 Å². The average Bonchev–Trinajstić information content (AvgIpc) is 2.78. The van der Waals surface area contributed by atoms with E-state index in [0.29, 0.717) is 12.5 Å². The van der Waals surface area contributed by atoms with Crippen molar-refractivity contribution in [1.29, 1.82) is 0 Å². The van der Waals surface area contributed by atoms with Gasteiger partial charge in [0, 0.05) is 20.1 Å². The summed E-state index contributed by atoms with van der Waals surface area (Å²) >= 11 is 0. The van der Waals surface area contributed by atoms with E-state index >= 15 is 0 Å². The molecule has 2 heterocycles. The predicted molar refractivity (Wildman–Crippen MR) is 92.7 cm³/mol. The average molecular weight is 336 g/mol. The number of piperidine rings is 1. The Morgan fingerprint density at radius 3 is 2.71 bits per heavy atom. The van der Waals surface area contributed by atoms with E-state index in [4.69, 9.17) is 5.73 Å². The van der Waals surface area contributed by atoms with Crippen molar-refractivity contribution in [3.05, 3.63) is 11.4 Å². The van der Waals surface area contributed by atoms with Crippen LogP contribution in [-0.2, 0) is 11.8 Å². The topological polar surface area (TPSA) is 105 Å². The SMILES string of the molecule is Cc1nn(C)c(C)c1NC(=O)[C@H](C)N1CCC[C@@H](CNC(N)=O)C1. The summed E-state index contributed by atoms with van der Waals surface area (Å²) < 4.78 is 1.77. The van der Waals surface area contributed by atoms with Crippen molar-refractivity contribution in [3.63, 3.8) is 0 Å². The number of rotatable bonds is 5. The number of anilines is 1. The second-order valence-corrected chi connectivity index (χ2v) is 6.58. The number of primary amides is 1. The van der Waals surface area contributed by atoms with Gasteiger partial charge in [0.25, 0.3) is 0 Å². The maximum Gasteiger partial charge on any atom is 0.312 e. The number of urea groups is 1. The molecule has 0 unspecified atom stereocenters. The quantitative estimate of drug-likeness (QED) is 0.737. The smallest absolute Gasteiger partial charge is 0.312 e. The Morgan fingerprint density at radius 1 is 1.42 bits per heavy atom. The molecule has 134 valence electrons. The molecule has 4 N–H and O–H groups in total. The molecule has 1 aliphatic heterocycles. The molecule has 0 aromatic carbocycles. The lowest BCUT2D eigenvalue weighted by Crippen LogP contribution is -2.49. The largest absolute Gasteiger partial charge is 0.352 e. The molecule has 0 aliphatic carbocycles. The van der Waals surface area contributed by atoms with Crippen LogP contribution >= 0.6 is 0 Å². The molecule has 1 fully saturated rings. The second kappa shape index (κ2) is 7.65. The van der Waals surface area contributed by atoms with Crippen LogP contribution in [0.3, 0.4) is 0 Å². The van der Waals surface area contributed by atoms with Gasteiger partial charge in [0.1, 0.15) is 0 Å². The van der Waals surface area contributed by atoms with Gasteiger partial charge in [-0.25, -0.2) is 4.79 Å². The number of likely N-dealkylation sites (tertiary alicyclic amines) is 1. The highest BCUT2D eigenvalue weighted by atomic mass is 16.2. The number of nitrogens with zero attached hydrogens (tertiary/aromatic N) is 3. The van der Waals surface area contributed by atoms with Gasteiger partial charge in [-0.1, -0.05) is 0 Å². The Hall–Kier alpha value is -2.09. The van der Waals surface area contributed by atoms with Crippen molar-refractivity contribution in [3.8, 4) is 0 Å². The number of aryl methyl sites for hydroxylation is 2. The fourth-order valence-electron chi connectivity index (χ4n) is 3.21. The summed E-state index contributed by atoms with van der Waals surface area (Å²) in [5.41, 5.74) is 7.68. The maximum atomic E-state index is 12.6. The van der Waals surface area contributed by atoms with Gasteiger partial charge in [-0.2, -0.15) is 5.10 Å². The van der Waals surface area contributed by atoms with Crippen LogP contribution in [0.15, 0.2) is 0 Å². The molecule has 0 bridgehead atoms. The Morgan fingerprint density at radius 2 is 2.12 bits per heavy atom. The molecule has 1 saturated heterocycles. The van der Waals surface area contributed by atoms with Crippen LogP contribution in [0, 0.1) is 19.8 Å². The van der Waals surface area contributed by atoms with Gasteiger partial charge >= 0.3 is 6.03 Å². The molecule has 0 saturated carbocycles. The van der Waals surface area contributed by atoms with Crippen molar-refractivity contribution in [2.45, 2.75) is 39.7 Å². The maximum absolute atomic E-state index is 12.6. The van der Waals surface area contributed by atoms with E-state index in [1.165, 1.54) is 0 Å². The Bertz CT molecular complexity index is 612. The van der Waals surface area contributed by atoms with Crippen molar-refractivity contribution in [2.24, 2.45) is 18.7 Å². The molecule has 1 aromatic heterocycles. The molecular weight excluding hydrogens is 308 g/mol. The monoisotopic (exact) mass is 336 g/mol. The standard InChI is InChI=1S/C16H28N6O2/c1-10-14(11(2)21(4)20-10)19-15(23)12(3)22-7-5-6-13(9-22)8-18-16(17)24/h12-13H,5-9H2,1-4H3,(H,19,23)(H3,17,18,24)/t12-,13-/m0/s1. The van der Waals surface area contributed by atoms with Gasteiger partial charge in [-0.15, -0.1) is 0 Å². The van der Waals surface area contributed by atoms with Crippen LogP contribution in [0.1, 0.15) is 31.2 Å². The van der Waals surface area contributed by atoms with Crippen molar-refractivity contribution >= 4 is 17.6 Å².